The van der Waals surface area contributed by atoms with Crippen LogP contribution < -0.4 is 4.72 Å². The fourth-order valence-electron chi connectivity index (χ4n) is 1.69. The number of methoxy groups -OCH3 is 1. The average molecular weight is 313 g/mol. The predicted molar refractivity (Wildman–Crippen MR) is 77.4 cm³/mol. The normalized spacial score (nSPS) is 13.0. The van der Waals surface area contributed by atoms with Crippen molar-refractivity contribution in [3.8, 4) is 0 Å². The van der Waals surface area contributed by atoms with Gasteiger partial charge in [0.15, 0.2) is 5.78 Å². The van der Waals surface area contributed by atoms with Crippen LogP contribution in [0.25, 0.3) is 0 Å². The van der Waals surface area contributed by atoms with Gasteiger partial charge in [0.25, 0.3) is 0 Å². The highest BCUT2D eigenvalue weighted by atomic mass is 32.2. The lowest BCUT2D eigenvalue weighted by Crippen LogP contribution is -2.44. The van der Waals surface area contributed by atoms with E-state index in [2.05, 4.69) is 9.46 Å². The second kappa shape index (κ2) is 6.82. The van der Waals surface area contributed by atoms with Crippen LogP contribution in [-0.4, -0.2) is 33.3 Å². The van der Waals surface area contributed by atoms with Crippen LogP contribution in [0.5, 0.6) is 0 Å². The Morgan fingerprint density at radius 3 is 2.05 bits per heavy atom. The third kappa shape index (κ3) is 4.37. The van der Waals surface area contributed by atoms with Gasteiger partial charge in [-0.1, -0.05) is 26.0 Å². The fourth-order valence-corrected chi connectivity index (χ4v) is 3.02. The van der Waals surface area contributed by atoms with Crippen molar-refractivity contribution in [1.82, 2.24) is 4.72 Å². The van der Waals surface area contributed by atoms with Crippen LogP contribution >= 0.6 is 0 Å². The zero-order valence-electron chi connectivity index (χ0n) is 12.4. The molecule has 1 atom stereocenters. The molecule has 1 aromatic rings. The van der Waals surface area contributed by atoms with Gasteiger partial charge in [0, 0.05) is 5.56 Å². The van der Waals surface area contributed by atoms with Crippen LogP contribution in [0.3, 0.4) is 0 Å². The smallest absolute Gasteiger partial charge is 0.324 e. The molecule has 1 rings (SSSR count). The van der Waals surface area contributed by atoms with Gasteiger partial charge in [-0.15, -0.1) is 0 Å². The molecule has 0 bridgehead atoms. The van der Waals surface area contributed by atoms with Gasteiger partial charge in [-0.05, 0) is 25.0 Å². The summed E-state index contributed by atoms with van der Waals surface area (Å²) < 4.78 is 31.4. The molecular weight excluding hydrogens is 294 g/mol. The Bertz CT molecular complexity index is 619. The highest BCUT2D eigenvalue weighted by Crippen LogP contribution is 2.14. The average Bonchev–Trinajstić information content (AvgIpc) is 2.43. The minimum atomic E-state index is -3.86. The molecule has 0 unspecified atom stereocenters. The number of Topliss-reactive ketones (excluding diaryl/α,β-unsaturated/α-hetero) is 1. The number of nitrogens with one attached hydrogen (secondary N) is 1. The third-order valence-electron chi connectivity index (χ3n) is 2.98. The molecule has 116 valence electrons. The van der Waals surface area contributed by atoms with E-state index in [4.69, 9.17) is 0 Å². The molecular formula is C14H19NO5S. The highest BCUT2D eigenvalue weighted by molar-refractivity contribution is 7.89. The van der Waals surface area contributed by atoms with E-state index >= 15 is 0 Å². The van der Waals surface area contributed by atoms with Crippen LogP contribution in [0, 0.1) is 5.92 Å². The molecule has 0 amide bonds. The predicted octanol–water partition coefficient (Wildman–Crippen LogP) is 1.37. The van der Waals surface area contributed by atoms with Gasteiger partial charge in [-0.2, -0.15) is 4.72 Å². The van der Waals surface area contributed by atoms with Crippen LogP contribution in [0.4, 0.5) is 0 Å². The molecule has 1 aromatic carbocycles. The summed E-state index contributed by atoms with van der Waals surface area (Å²) in [5, 5.41) is 0. The fraction of sp³-hybridized carbons (Fsp3) is 0.429. The van der Waals surface area contributed by atoms with Gasteiger partial charge in [-0.25, -0.2) is 8.42 Å². The molecule has 0 spiro atoms. The molecule has 6 nitrogen and oxygen atoms in total. The van der Waals surface area contributed by atoms with Crippen molar-refractivity contribution in [2.45, 2.75) is 31.7 Å². The van der Waals surface area contributed by atoms with Crippen molar-refractivity contribution < 1.29 is 22.7 Å². The lowest BCUT2D eigenvalue weighted by atomic mass is 10.1. The molecule has 7 heteroatoms. The van der Waals surface area contributed by atoms with E-state index in [-0.39, 0.29) is 16.6 Å². The summed E-state index contributed by atoms with van der Waals surface area (Å²) in [6.45, 7) is 4.82. The van der Waals surface area contributed by atoms with Gasteiger partial charge in [0.2, 0.25) is 10.0 Å². The van der Waals surface area contributed by atoms with E-state index in [0.29, 0.717) is 5.56 Å². The summed E-state index contributed by atoms with van der Waals surface area (Å²) in [6, 6.07) is 4.55. The van der Waals surface area contributed by atoms with Gasteiger partial charge in [-0.3, -0.25) is 9.59 Å². The largest absolute Gasteiger partial charge is 0.468 e. The quantitative estimate of drug-likeness (QED) is 0.633. The number of carbonyl (C=O) groups excluding carboxylic acids is 2. The first-order valence-corrected chi connectivity index (χ1v) is 7.88. The molecule has 0 aliphatic heterocycles. The van der Waals surface area contributed by atoms with Crippen LogP contribution in [0.1, 0.15) is 31.1 Å². The Morgan fingerprint density at radius 1 is 1.14 bits per heavy atom. The zero-order valence-corrected chi connectivity index (χ0v) is 13.2. The van der Waals surface area contributed by atoms with E-state index in [0.717, 1.165) is 0 Å². The Labute approximate surface area is 124 Å². The summed E-state index contributed by atoms with van der Waals surface area (Å²) in [5.74, 6) is -1.06. The van der Waals surface area contributed by atoms with Crippen LogP contribution in [-0.2, 0) is 19.6 Å². The maximum atomic E-state index is 12.2. The second-order valence-corrected chi connectivity index (χ2v) is 6.66. The molecule has 0 radical (unpaired) electrons. The van der Waals surface area contributed by atoms with E-state index in [9.17, 15) is 18.0 Å². The monoisotopic (exact) mass is 313 g/mol. The number of benzene rings is 1. The Balaban J connectivity index is 3.04. The van der Waals surface area contributed by atoms with Crippen molar-refractivity contribution >= 4 is 21.8 Å². The zero-order chi connectivity index (χ0) is 16.2. The summed E-state index contributed by atoms with van der Waals surface area (Å²) in [5.41, 5.74) is 0.419. The first kappa shape index (κ1) is 17.3. The summed E-state index contributed by atoms with van der Waals surface area (Å²) in [7, 11) is -2.66. The molecule has 0 saturated heterocycles. The van der Waals surface area contributed by atoms with Gasteiger partial charge in [0.1, 0.15) is 6.04 Å². The first-order chi connectivity index (χ1) is 9.69. The van der Waals surface area contributed by atoms with Crippen LogP contribution in [0.2, 0.25) is 0 Å². The molecule has 0 saturated carbocycles. The molecule has 0 aliphatic rings. The van der Waals surface area contributed by atoms with E-state index in [1.54, 1.807) is 13.8 Å². The van der Waals surface area contributed by atoms with Crippen molar-refractivity contribution in [2.75, 3.05) is 7.11 Å². The SMILES string of the molecule is COC(=O)[C@@H](NS(=O)(=O)c1ccc(C(C)=O)cc1)C(C)C. The lowest BCUT2D eigenvalue weighted by molar-refractivity contribution is -0.143. The van der Waals surface area contributed by atoms with E-state index < -0.39 is 22.0 Å². The topological polar surface area (TPSA) is 89.5 Å². The number of esters is 1. The van der Waals surface area contributed by atoms with Gasteiger partial charge < -0.3 is 4.74 Å². The molecule has 0 heterocycles. The first-order valence-electron chi connectivity index (χ1n) is 6.40. The molecule has 0 aromatic heterocycles. The highest BCUT2D eigenvalue weighted by Gasteiger charge is 2.29. The minimum absolute atomic E-state index is 0.0120. The molecule has 0 aliphatic carbocycles. The molecule has 1 N–H and O–H groups in total. The minimum Gasteiger partial charge on any atom is -0.468 e. The number of hydrogen-bond acceptors (Lipinski definition) is 5. The second-order valence-electron chi connectivity index (χ2n) is 4.95. The van der Waals surface area contributed by atoms with Crippen molar-refractivity contribution in [1.29, 1.82) is 0 Å². The Hall–Kier alpha value is -1.73. The standard InChI is InChI=1S/C14H19NO5S/c1-9(2)13(14(17)20-4)15-21(18,19)12-7-5-11(6-8-12)10(3)16/h5-9,13,15H,1-4H3/t13-/m0/s1. The van der Waals surface area contributed by atoms with Crippen LogP contribution in [0.15, 0.2) is 29.2 Å². The maximum Gasteiger partial charge on any atom is 0.324 e. The number of ether oxygens (including phenoxy) is 1. The summed E-state index contributed by atoms with van der Waals surface area (Å²) >= 11 is 0. The summed E-state index contributed by atoms with van der Waals surface area (Å²) in [4.78, 5) is 22.8. The Kier molecular flexibility index (Phi) is 5.62. The van der Waals surface area contributed by atoms with E-state index in [1.807, 2.05) is 0 Å². The Morgan fingerprint density at radius 2 is 1.67 bits per heavy atom. The van der Waals surface area contributed by atoms with E-state index in [1.165, 1.54) is 38.3 Å². The van der Waals surface area contributed by atoms with Crippen molar-refractivity contribution in [3.05, 3.63) is 29.8 Å². The number of hydrogen-bond donors (Lipinski definition) is 1. The number of carbonyl (C=O) groups is 2. The van der Waals surface area contributed by atoms with Crippen molar-refractivity contribution in [3.63, 3.8) is 0 Å². The lowest BCUT2D eigenvalue weighted by Gasteiger charge is -2.19. The number of rotatable bonds is 6. The number of sulfonamides is 1. The molecule has 0 fully saturated rings. The van der Waals surface area contributed by atoms with Gasteiger partial charge in [0.05, 0.1) is 12.0 Å². The third-order valence-corrected chi connectivity index (χ3v) is 4.43. The van der Waals surface area contributed by atoms with Crippen molar-refractivity contribution in [2.24, 2.45) is 5.92 Å². The number of ketones is 1. The maximum absolute atomic E-state index is 12.2. The molecule has 21 heavy (non-hydrogen) atoms. The summed E-state index contributed by atoms with van der Waals surface area (Å²) in [6.07, 6.45) is 0. The van der Waals surface area contributed by atoms with Gasteiger partial charge >= 0.3 is 5.97 Å².